The van der Waals surface area contributed by atoms with Crippen molar-refractivity contribution in [3.05, 3.63) is 92.7 Å². The van der Waals surface area contributed by atoms with E-state index in [2.05, 4.69) is 0 Å². The minimum Gasteiger partial charge on any atom is -0.478 e. The summed E-state index contributed by atoms with van der Waals surface area (Å²) in [6.45, 7) is 4.69. The number of benzene rings is 2. The van der Waals surface area contributed by atoms with Crippen molar-refractivity contribution in [1.29, 1.82) is 0 Å². The molecule has 0 radical (unpaired) electrons. The van der Waals surface area contributed by atoms with E-state index in [9.17, 15) is 24.8 Å². The standard InChI is InChI=1S/C26H29N3O6.ClH/c1-17-22(25(30)31)24(20-11-8-12-21(15-20)29(33)34)23(18(2)28(17)4)26(32)35-14-13-27(3)16-19-9-6-5-7-10-19;/h5-12,15,18H,13-14,16H2,1-4H3,(H,30,31);1H. The highest BCUT2D eigenvalue weighted by Gasteiger charge is 2.37. The van der Waals surface area contributed by atoms with Crippen LogP contribution in [0.3, 0.4) is 0 Å². The normalized spacial score (nSPS) is 15.6. The number of rotatable bonds is 9. The Kier molecular flexibility index (Phi) is 9.77. The molecule has 0 aliphatic carbocycles. The van der Waals surface area contributed by atoms with Crippen molar-refractivity contribution in [2.75, 3.05) is 27.2 Å². The molecule has 2 aromatic rings. The molecule has 0 spiro atoms. The molecule has 36 heavy (non-hydrogen) atoms. The van der Waals surface area contributed by atoms with E-state index in [0.717, 1.165) is 5.56 Å². The number of esters is 1. The molecule has 10 heteroatoms. The van der Waals surface area contributed by atoms with Gasteiger partial charge in [0.1, 0.15) is 6.61 Å². The summed E-state index contributed by atoms with van der Waals surface area (Å²) in [5.74, 6) is -1.87. The van der Waals surface area contributed by atoms with Crippen LogP contribution in [0.1, 0.15) is 25.0 Å². The van der Waals surface area contributed by atoms with E-state index in [4.69, 9.17) is 4.74 Å². The van der Waals surface area contributed by atoms with E-state index in [1.807, 2.05) is 42.3 Å². The minimum absolute atomic E-state index is 0. The van der Waals surface area contributed by atoms with Gasteiger partial charge in [-0.05, 0) is 32.0 Å². The fourth-order valence-corrected chi connectivity index (χ4v) is 4.14. The number of non-ortho nitro benzene ring substituents is 1. The molecule has 1 N–H and O–H groups in total. The van der Waals surface area contributed by atoms with Crippen LogP contribution in [-0.4, -0.2) is 65.1 Å². The molecule has 1 heterocycles. The number of likely N-dealkylation sites (N-methyl/N-ethyl adjacent to an activating group) is 2. The Hall–Kier alpha value is -3.69. The molecule has 0 amide bonds. The lowest BCUT2D eigenvalue weighted by Crippen LogP contribution is -2.39. The maximum Gasteiger partial charge on any atom is 0.338 e. The molecule has 192 valence electrons. The Balaban J connectivity index is 0.00000456. The largest absolute Gasteiger partial charge is 0.478 e. The molecule has 1 aliphatic heterocycles. The fourth-order valence-electron chi connectivity index (χ4n) is 4.14. The summed E-state index contributed by atoms with van der Waals surface area (Å²) < 4.78 is 5.59. The number of hydrogen-bond acceptors (Lipinski definition) is 7. The lowest BCUT2D eigenvalue weighted by molar-refractivity contribution is -0.384. The summed E-state index contributed by atoms with van der Waals surface area (Å²) in [5, 5.41) is 21.3. The van der Waals surface area contributed by atoms with Gasteiger partial charge in [0.05, 0.1) is 22.1 Å². The monoisotopic (exact) mass is 515 g/mol. The SMILES string of the molecule is CC1=C(C(=O)O)C(c2cccc([N+](=O)[O-])c2)=C(C(=O)OCCN(C)Cc2ccccc2)C(C)N1C.Cl. The van der Waals surface area contributed by atoms with Crippen molar-refractivity contribution in [3.8, 4) is 0 Å². The number of allylic oxidation sites excluding steroid dienone is 1. The first kappa shape index (κ1) is 28.5. The molecule has 0 saturated heterocycles. The number of carboxylic acids is 1. The second-order valence-electron chi connectivity index (χ2n) is 8.51. The number of ether oxygens (including phenoxy) is 1. The average molecular weight is 516 g/mol. The molecule has 0 fully saturated rings. The fraction of sp³-hybridized carbons (Fsp3) is 0.308. The Morgan fingerprint density at radius 3 is 2.44 bits per heavy atom. The molecule has 1 atom stereocenters. The number of carboxylic acid groups (broad SMARTS) is 1. The molecular formula is C26H30ClN3O6. The van der Waals surface area contributed by atoms with Crippen LogP contribution in [0, 0.1) is 10.1 Å². The summed E-state index contributed by atoms with van der Waals surface area (Å²) >= 11 is 0. The summed E-state index contributed by atoms with van der Waals surface area (Å²) in [4.78, 5) is 40.0. The Morgan fingerprint density at radius 2 is 1.83 bits per heavy atom. The zero-order chi connectivity index (χ0) is 25.7. The van der Waals surface area contributed by atoms with Crippen molar-refractivity contribution < 1.29 is 24.4 Å². The van der Waals surface area contributed by atoms with Crippen molar-refractivity contribution in [1.82, 2.24) is 9.80 Å². The van der Waals surface area contributed by atoms with Gasteiger partial charge in [-0.3, -0.25) is 15.0 Å². The number of carbonyl (C=O) groups excluding carboxylic acids is 1. The highest BCUT2D eigenvalue weighted by molar-refractivity contribution is 6.14. The van der Waals surface area contributed by atoms with Crippen molar-refractivity contribution in [2.45, 2.75) is 26.4 Å². The topological polar surface area (TPSA) is 113 Å². The van der Waals surface area contributed by atoms with Gasteiger partial charge >= 0.3 is 11.9 Å². The van der Waals surface area contributed by atoms with Crippen LogP contribution in [0.2, 0.25) is 0 Å². The lowest BCUT2D eigenvalue weighted by atomic mass is 9.84. The van der Waals surface area contributed by atoms with Crippen LogP contribution >= 0.6 is 12.4 Å². The first-order valence-corrected chi connectivity index (χ1v) is 11.2. The van der Waals surface area contributed by atoms with Crippen molar-refractivity contribution >= 4 is 35.6 Å². The molecule has 3 rings (SSSR count). The molecule has 0 aromatic heterocycles. The smallest absolute Gasteiger partial charge is 0.338 e. The highest BCUT2D eigenvalue weighted by atomic mass is 35.5. The number of nitro groups is 1. The summed E-state index contributed by atoms with van der Waals surface area (Å²) in [6, 6.07) is 15.0. The van der Waals surface area contributed by atoms with Crippen molar-refractivity contribution in [2.24, 2.45) is 0 Å². The van der Waals surface area contributed by atoms with Crippen LogP contribution < -0.4 is 0 Å². The zero-order valence-electron chi connectivity index (χ0n) is 20.6. The second kappa shape index (κ2) is 12.3. The molecule has 1 aliphatic rings. The van der Waals surface area contributed by atoms with Gasteiger partial charge in [-0.2, -0.15) is 0 Å². The molecule has 0 saturated carbocycles. The van der Waals surface area contributed by atoms with Crippen LogP contribution in [0.5, 0.6) is 0 Å². The molecular weight excluding hydrogens is 486 g/mol. The van der Waals surface area contributed by atoms with Crippen LogP contribution in [0.25, 0.3) is 5.57 Å². The zero-order valence-corrected chi connectivity index (χ0v) is 21.4. The van der Waals surface area contributed by atoms with Crippen LogP contribution in [0.4, 0.5) is 5.69 Å². The van der Waals surface area contributed by atoms with Gasteiger partial charge < -0.3 is 14.7 Å². The maximum absolute atomic E-state index is 13.3. The third-order valence-corrected chi connectivity index (χ3v) is 6.19. The van der Waals surface area contributed by atoms with E-state index >= 15 is 0 Å². The summed E-state index contributed by atoms with van der Waals surface area (Å²) in [5.41, 5.74) is 1.88. The van der Waals surface area contributed by atoms with E-state index in [1.165, 1.54) is 18.2 Å². The lowest BCUT2D eigenvalue weighted by Gasteiger charge is -2.36. The number of halogens is 1. The number of nitrogens with zero attached hydrogens (tertiary/aromatic N) is 3. The first-order valence-electron chi connectivity index (χ1n) is 11.2. The van der Waals surface area contributed by atoms with Gasteiger partial charge in [0, 0.05) is 43.5 Å². The molecule has 1 unspecified atom stereocenters. The van der Waals surface area contributed by atoms with E-state index < -0.39 is 22.9 Å². The number of nitro benzene ring substituents is 1. The van der Waals surface area contributed by atoms with Gasteiger partial charge in [-0.1, -0.05) is 42.5 Å². The van der Waals surface area contributed by atoms with Gasteiger partial charge in [0.2, 0.25) is 0 Å². The Labute approximate surface area is 216 Å². The Morgan fingerprint density at radius 1 is 1.17 bits per heavy atom. The number of hydrogen-bond donors (Lipinski definition) is 1. The quantitative estimate of drug-likeness (QED) is 0.301. The first-order chi connectivity index (χ1) is 16.6. The van der Waals surface area contributed by atoms with Crippen LogP contribution in [-0.2, 0) is 20.9 Å². The third-order valence-electron chi connectivity index (χ3n) is 6.19. The minimum atomic E-state index is -1.23. The van der Waals surface area contributed by atoms with E-state index in [0.29, 0.717) is 18.8 Å². The predicted octanol–water partition coefficient (Wildman–Crippen LogP) is 4.14. The van der Waals surface area contributed by atoms with E-state index in [1.54, 1.807) is 31.9 Å². The second-order valence-corrected chi connectivity index (χ2v) is 8.51. The summed E-state index contributed by atoms with van der Waals surface area (Å²) in [7, 11) is 3.62. The number of aliphatic carboxylic acids is 1. The van der Waals surface area contributed by atoms with Gasteiger partial charge in [0.25, 0.3) is 5.69 Å². The van der Waals surface area contributed by atoms with Gasteiger partial charge in [-0.25, -0.2) is 9.59 Å². The van der Waals surface area contributed by atoms with Crippen LogP contribution in [0.15, 0.2) is 71.4 Å². The predicted molar refractivity (Wildman–Crippen MR) is 139 cm³/mol. The molecule has 2 aromatic carbocycles. The van der Waals surface area contributed by atoms with Crippen molar-refractivity contribution in [3.63, 3.8) is 0 Å². The Bertz CT molecular complexity index is 1200. The molecule has 9 nitrogen and oxygen atoms in total. The van der Waals surface area contributed by atoms with E-state index in [-0.39, 0.29) is 47.0 Å². The number of carbonyl (C=O) groups is 2. The summed E-state index contributed by atoms with van der Waals surface area (Å²) in [6.07, 6.45) is 0. The maximum atomic E-state index is 13.3. The van der Waals surface area contributed by atoms with Gasteiger partial charge in [-0.15, -0.1) is 12.4 Å². The third kappa shape index (κ3) is 6.30. The van der Waals surface area contributed by atoms with Gasteiger partial charge in [0.15, 0.2) is 0 Å². The average Bonchev–Trinajstić information content (AvgIpc) is 2.82. The highest BCUT2D eigenvalue weighted by Crippen LogP contribution is 2.39. The molecule has 0 bridgehead atoms.